The third-order valence-electron chi connectivity index (χ3n) is 4.64. The van der Waals surface area contributed by atoms with E-state index in [-0.39, 0.29) is 17.7 Å². The van der Waals surface area contributed by atoms with E-state index in [4.69, 9.17) is 5.14 Å². The molecule has 2 N–H and O–H groups in total. The molecule has 1 aliphatic rings. The number of aromatic nitrogens is 1. The van der Waals surface area contributed by atoms with Crippen LogP contribution in [0.1, 0.15) is 24.0 Å². The van der Waals surface area contributed by atoms with Gasteiger partial charge in [0.05, 0.1) is 18.2 Å². The Bertz CT molecular complexity index is 935. The van der Waals surface area contributed by atoms with Gasteiger partial charge in [-0.3, -0.25) is 8.78 Å². The topological polar surface area (TPSA) is 73.1 Å². The fraction of sp³-hybridized carbons (Fsp3) is 0.278. The van der Waals surface area contributed by atoms with Gasteiger partial charge in [-0.25, -0.2) is 18.5 Å². The summed E-state index contributed by atoms with van der Waals surface area (Å²) in [6.07, 6.45) is 1.64. The second-order valence-corrected chi connectivity index (χ2v) is 8.08. The molecule has 0 atom stereocenters. The Hall–Kier alpha value is -2.19. The van der Waals surface area contributed by atoms with Crippen LogP contribution >= 0.6 is 0 Å². The van der Waals surface area contributed by atoms with E-state index >= 15 is 0 Å². The minimum Gasteiger partial charge on any atom is -0.250 e. The van der Waals surface area contributed by atoms with Crippen molar-refractivity contribution in [2.24, 2.45) is 10.6 Å². The molecule has 4 nitrogen and oxygen atoms in total. The maximum Gasteiger partial charge on any atom is 0.238 e. The number of sulfonamides is 1. The molecule has 0 spiro atoms. The van der Waals surface area contributed by atoms with Gasteiger partial charge in [-0.2, -0.15) is 4.39 Å². The summed E-state index contributed by atoms with van der Waals surface area (Å²) in [6, 6.07) is 8.52. The standard InChI is InChI=1S/C18H17F3N2O2S/c19-10-18(11-20)7-15(12-1-4-14(5-2-12)26(22,24)25)16(8-18)13-3-6-17(21)23-9-13/h1-6,9H,7-8,10-11H2,(H2,22,24,25). The van der Waals surface area contributed by atoms with Crippen molar-refractivity contribution < 1.29 is 21.6 Å². The van der Waals surface area contributed by atoms with Crippen molar-refractivity contribution in [2.75, 3.05) is 13.3 Å². The summed E-state index contributed by atoms with van der Waals surface area (Å²) in [5.74, 6) is -0.645. The van der Waals surface area contributed by atoms with Crippen LogP contribution in [0.3, 0.4) is 0 Å². The zero-order valence-electron chi connectivity index (χ0n) is 13.8. The van der Waals surface area contributed by atoms with E-state index in [2.05, 4.69) is 4.98 Å². The number of hydrogen-bond acceptors (Lipinski definition) is 3. The first-order valence-electron chi connectivity index (χ1n) is 7.87. The first-order valence-corrected chi connectivity index (χ1v) is 9.42. The molecule has 0 radical (unpaired) electrons. The molecule has 1 aliphatic carbocycles. The van der Waals surface area contributed by atoms with Crippen molar-refractivity contribution in [3.8, 4) is 0 Å². The molecule has 26 heavy (non-hydrogen) atoms. The largest absolute Gasteiger partial charge is 0.250 e. The van der Waals surface area contributed by atoms with E-state index in [0.717, 1.165) is 0 Å². The van der Waals surface area contributed by atoms with Crippen molar-refractivity contribution in [1.29, 1.82) is 0 Å². The minimum absolute atomic E-state index is 0.0490. The average Bonchev–Trinajstić information content (AvgIpc) is 3.02. The number of primary sulfonamides is 1. The molecular formula is C18H17F3N2O2S. The van der Waals surface area contributed by atoms with Crippen LogP contribution in [0.4, 0.5) is 13.2 Å². The zero-order chi connectivity index (χ0) is 18.9. The molecule has 0 bridgehead atoms. The maximum absolute atomic E-state index is 13.6. The lowest BCUT2D eigenvalue weighted by Crippen LogP contribution is -2.22. The summed E-state index contributed by atoms with van der Waals surface area (Å²) in [5.41, 5.74) is 1.42. The second kappa shape index (κ2) is 6.85. The van der Waals surface area contributed by atoms with Crippen LogP contribution in [-0.4, -0.2) is 26.8 Å². The molecule has 1 heterocycles. The third kappa shape index (κ3) is 3.52. The lowest BCUT2D eigenvalue weighted by atomic mass is 9.85. The van der Waals surface area contributed by atoms with E-state index < -0.39 is 34.7 Å². The smallest absolute Gasteiger partial charge is 0.238 e. The lowest BCUT2D eigenvalue weighted by Gasteiger charge is -2.22. The van der Waals surface area contributed by atoms with Crippen LogP contribution in [0.25, 0.3) is 11.1 Å². The fourth-order valence-corrected chi connectivity index (χ4v) is 3.72. The van der Waals surface area contributed by atoms with Gasteiger partial charge in [0.2, 0.25) is 16.0 Å². The molecule has 0 fully saturated rings. The Kier molecular flexibility index (Phi) is 4.90. The molecule has 138 valence electrons. The Morgan fingerprint density at radius 2 is 1.50 bits per heavy atom. The summed E-state index contributed by atoms with van der Waals surface area (Å²) in [7, 11) is -3.83. The van der Waals surface area contributed by atoms with E-state index in [1.807, 2.05) is 0 Å². The highest BCUT2D eigenvalue weighted by Gasteiger charge is 2.40. The summed E-state index contributed by atoms with van der Waals surface area (Å²) >= 11 is 0. The first kappa shape index (κ1) is 18.6. The quantitative estimate of drug-likeness (QED) is 0.805. The van der Waals surface area contributed by atoms with Crippen molar-refractivity contribution in [2.45, 2.75) is 17.7 Å². The SMILES string of the molecule is NS(=O)(=O)c1ccc(C2=C(c3ccc(F)nc3)CC(CF)(CF)C2)cc1. The number of allylic oxidation sites excluding steroid dienone is 2. The Balaban J connectivity index is 2.09. The Labute approximate surface area is 149 Å². The van der Waals surface area contributed by atoms with E-state index in [1.165, 1.54) is 30.5 Å². The molecule has 0 saturated carbocycles. The molecule has 1 aromatic carbocycles. The molecular weight excluding hydrogens is 365 g/mol. The van der Waals surface area contributed by atoms with E-state index in [1.54, 1.807) is 12.1 Å². The predicted molar refractivity (Wildman–Crippen MR) is 92.4 cm³/mol. The first-order chi connectivity index (χ1) is 12.3. The van der Waals surface area contributed by atoms with Crippen LogP contribution in [-0.2, 0) is 10.0 Å². The molecule has 8 heteroatoms. The van der Waals surface area contributed by atoms with Gasteiger partial charge in [0.25, 0.3) is 0 Å². The van der Waals surface area contributed by atoms with Gasteiger partial charge in [-0.05, 0) is 59.4 Å². The minimum atomic E-state index is -3.83. The van der Waals surface area contributed by atoms with Gasteiger partial charge in [-0.1, -0.05) is 12.1 Å². The highest BCUT2D eigenvalue weighted by atomic mass is 32.2. The molecule has 0 saturated heterocycles. The summed E-state index contributed by atoms with van der Waals surface area (Å²) in [6.45, 7) is -1.67. The average molecular weight is 382 g/mol. The number of nitrogens with two attached hydrogens (primary N) is 1. The fourth-order valence-electron chi connectivity index (χ4n) is 3.20. The zero-order valence-corrected chi connectivity index (χ0v) is 14.6. The molecule has 0 unspecified atom stereocenters. The van der Waals surface area contributed by atoms with Crippen molar-refractivity contribution in [1.82, 2.24) is 4.98 Å². The highest BCUT2D eigenvalue weighted by molar-refractivity contribution is 7.89. The molecule has 2 aromatic rings. The van der Waals surface area contributed by atoms with Crippen molar-refractivity contribution in [3.63, 3.8) is 0 Å². The van der Waals surface area contributed by atoms with Gasteiger partial charge in [0.1, 0.15) is 0 Å². The molecule has 0 amide bonds. The maximum atomic E-state index is 13.6. The summed E-state index contributed by atoms with van der Waals surface area (Å²) in [4.78, 5) is 3.56. The van der Waals surface area contributed by atoms with Gasteiger partial charge >= 0.3 is 0 Å². The summed E-state index contributed by atoms with van der Waals surface area (Å²) < 4.78 is 63.1. The Morgan fingerprint density at radius 3 is 1.96 bits per heavy atom. The summed E-state index contributed by atoms with van der Waals surface area (Å²) in [5, 5.41) is 5.10. The predicted octanol–water partition coefficient (Wildman–Crippen LogP) is 3.50. The van der Waals surface area contributed by atoms with Crippen LogP contribution in [0.15, 0.2) is 47.5 Å². The number of alkyl halides is 2. The van der Waals surface area contributed by atoms with Crippen LogP contribution in [0, 0.1) is 11.4 Å². The van der Waals surface area contributed by atoms with Crippen LogP contribution in [0.5, 0.6) is 0 Å². The number of hydrogen-bond donors (Lipinski definition) is 1. The van der Waals surface area contributed by atoms with Crippen LogP contribution < -0.4 is 5.14 Å². The number of rotatable bonds is 5. The molecule has 0 aliphatic heterocycles. The van der Waals surface area contributed by atoms with Crippen molar-refractivity contribution >= 4 is 21.2 Å². The van der Waals surface area contributed by atoms with Gasteiger partial charge in [0, 0.05) is 11.6 Å². The number of pyridine rings is 1. The third-order valence-corrected chi connectivity index (χ3v) is 5.57. The number of nitrogens with zero attached hydrogens (tertiary/aromatic N) is 1. The van der Waals surface area contributed by atoms with E-state index in [0.29, 0.717) is 22.3 Å². The highest BCUT2D eigenvalue weighted by Crippen LogP contribution is 2.50. The lowest BCUT2D eigenvalue weighted by molar-refractivity contribution is 0.170. The monoisotopic (exact) mass is 382 g/mol. The van der Waals surface area contributed by atoms with Gasteiger partial charge in [-0.15, -0.1) is 0 Å². The normalized spacial score (nSPS) is 16.9. The van der Waals surface area contributed by atoms with Crippen LogP contribution in [0.2, 0.25) is 0 Å². The number of halogens is 3. The molecule has 3 rings (SSSR count). The van der Waals surface area contributed by atoms with Gasteiger partial charge < -0.3 is 0 Å². The van der Waals surface area contributed by atoms with Crippen molar-refractivity contribution in [3.05, 3.63) is 59.7 Å². The van der Waals surface area contributed by atoms with E-state index in [9.17, 15) is 21.6 Å². The molecule has 1 aromatic heterocycles. The van der Waals surface area contributed by atoms with Gasteiger partial charge in [0.15, 0.2) is 0 Å². The second-order valence-electron chi connectivity index (χ2n) is 6.52. The number of benzene rings is 1. The Morgan fingerprint density at radius 1 is 0.962 bits per heavy atom.